The van der Waals surface area contributed by atoms with Gasteiger partial charge in [0.1, 0.15) is 0 Å². The first kappa shape index (κ1) is 14.8. The van der Waals surface area contributed by atoms with Crippen molar-refractivity contribution in [2.45, 2.75) is 38.7 Å². The van der Waals surface area contributed by atoms with E-state index in [2.05, 4.69) is 25.2 Å². The molecule has 20 heavy (non-hydrogen) atoms. The van der Waals surface area contributed by atoms with Gasteiger partial charge in [-0.1, -0.05) is 0 Å². The fourth-order valence-corrected chi connectivity index (χ4v) is 2.28. The number of methoxy groups -OCH3 is 1. The molecule has 1 saturated heterocycles. The molecule has 1 aromatic rings. The molecule has 0 bridgehead atoms. The second-order valence-electron chi connectivity index (χ2n) is 5.31. The Morgan fingerprint density at radius 3 is 2.80 bits per heavy atom. The van der Waals surface area contributed by atoms with Crippen LogP contribution in [0, 0.1) is 0 Å². The van der Waals surface area contributed by atoms with Crippen LogP contribution >= 0.6 is 0 Å². The van der Waals surface area contributed by atoms with Gasteiger partial charge in [-0.15, -0.1) is 0 Å². The van der Waals surface area contributed by atoms with Gasteiger partial charge >= 0.3 is 6.01 Å². The van der Waals surface area contributed by atoms with Gasteiger partial charge in [0.15, 0.2) is 0 Å². The molecule has 7 heteroatoms. The Morgan fingerprint density at radius 1 is 1.30 bits per heavy atom. The first-order chi connectivity index (χ1) is 9.54. The van der Waals surface area contributed by atoms with Gasteiger partial charge in [0, 0.05) is 19.6 Å². The number of nitrogens with zero attached hydrogens (tertiary/aromatic N) is 4. The van der Waals surface area contributed by atoms with Gasteiger partial charge in [-0.25, -0.2) is 0 Å². The predicted molar refractivity (Wildman–Crippen MR) is 77.2 cm³/mol. The average Bonchev–Trinajstić information content (AvgIpc) is 2.59. The molecule has 1 aromatic heterocycles. The van der Waals surface area contributed by atoms with E-state index in [0.717, 1.165) is 32.5 Å². The Bertz CT molecular complexity index is 452. The third-order valence-corrected chi connectivity index (χ3v) is 3.47. The van der Waals surface area contributed by atoms with Gasteiger partial charge in [0.25, 0.3) is 0 Å². The van der Waals surface area contributed by atoms with Crippen molar-refractivity contribution >= 4 is 11.9 Å². The van der Waals surface area contributed by atoms with Crippen molar-refractivity contribution in [2.75, 3.05) is 37.0 Å². The molecule has 1 unspecified atom stereocenters. The van der Waals surface area contributed by atoms with Gasteiger partial charge in [-0.2, -0.15) is 15.0 Å². The van der Waals surface area contributed by atoms with Crippen LogP contribution in [0.25, 0.3) is 0 Å². The zero-order chi connectivity index (χ0) is 14.6. The molecule has 2 heterocycles. The number of anilines is 2. The normalized spacial score (nSPS) is 23.3. The lowest BCUT2D eigenvalue weighted by atomic mass is 9.98. The summed E-state index contributed by atoms with van der Waals surface area (Å²) in [6.45, 7) is 6.16. The van der Waals surface area contributed by atoms with E-state index in [-0.39, 0.29) is 0 Å². The van der Waals surface area contributed by atoms with Gasteiger partial charge < -0.3 is 20.1 Å². The van der Waals surface area contributed by atoms with E-state index in [9.17, 15) is 5.11 Å². The van der Waals surface area contributed by atoms with E-state index < -0.39 is 5.60 Å². The molecule has 0 saturated carbocycles. The van der Waals surface area contributed by atoms with Crippen molar-refractivity contribution in [3.63, 3.8) is 0 Å². The third-order valence-electron chi connectivity index (χ3n) is 3.47. The zero-order valence-corrected chi connectivity index (χ0v) is 12.4. The molecule has 112 valence electrons. The van der Waals surface area contributed by atoms with Crippen LogP contribution in [0.5, 0.6) is 6.01 Å². The standard InChI is InChI=1S/C13H23N5O2/c1-4-14-10-15-11(17-12(16-10)20-3)18-8-5-6-13(2,19)7-9-18/h19H,4-9H2,1-3H3,(H,14,15,16,17). The van der Waals surface area contributed by atoms with Gasteiger partial charge in [-0.05, 0) is 33.1 Å². The number of hydrogen-bond acceptors (Lipinski definition) is 7. The SMILES string of the molecule is CCNc1nc(OC)nc(N2CCCC(C)(O)CC2)n1. The second-order valence-corrected chi connectivity index (χ2v) is 5.31. The van der Waals surface area contributed by atoms with Crippen molar-refractivity contribution in [3.8, 4) is 6.01 Å². The summed E-state index contributed by atoms with van der Waals surface area (Å²) >= 11 is 0. The molecule has 0 amide bonds. The Morgan fingerprint density at radius 2 is 2.10 bits per heavy atom. The molecule has 0 aromatic carbocycles. The number of rotatable bonds is 4. The predicted octanol–water partition coefficient (Wildman–Crippen LogP) is 1.05. The fourth-order valence-electron chi connectivity index (χ4n) is 2.28. The number of aliphatic hydroxyl groups is 1. The number of ether oxygens (including phenoxy) is 1. The van der Waals surface area contributed by atoms with E-state index in [1.54, 1.807) is 7.11 Å². The molecule has 2 rings (SSSR count). The summed E-state index contributed by atoms with van der Waals surface area (Å²) in [4.78, 5) is 15.0. The molecule has 0 aliphatic carbocycles. The molecule has 1 fully saturated rings. The highest BCUT2D eigenvalue weighted by Crippen LogP contribution is 2.24. The second kappa shape index (κ2) is 6.21. The van der Waals surface area contributed by atoms with E-state index in [0.29, 0.717) is 24.3 Å². The Balaban J connectivity index is 2.20. The highest BCUT2D eigenvalue weighted by Gasteiger charge is 2.26. The van der Waals surface area contributed by atoms with Crippen LogP contribution < -0.4 is 15.0 Å². The monoisotopic (exact) mass is 281 g/mol. The molecular weight excluding hydrogens is 258 g/mol. The van der Waals surface area contributed by atoms with Crippen molar-refractivity contribution in [2.24, 2.45) is 0 Å². The maximum absolute atomic E-state index is 10.1. The van der Waals surface area contributed by atoms with E-state index in [4.69, 9.17) is 4.74 Å². The van der Waals surface area contributed by atoms with Gasteiger partial charge in [-0.3, -0.25) is 0 Å². The summed E-state index contributed by atoms with van der Waals surface area (Å²) in [6, 6.07) is 0.307. The summed E-state index contributed by atoms with van der Waals surface area (Å²) in [7, 11) is 1.54. The van der Waals surface area contributed by atoms with Crippen molar-refractivity contribution in [3.05, 3.63) is 0 Å². The highest BCUT2D eigenvalue weighted by atomic mass is 16.5. The maximum atomic E-state index is 10.1. The molecule has 1 atom stereocenters. The summed E-state index contributed by atoms with van der Waals surface area (Å²) in [5.41, 5.74) is -0.601. The molecule has 0 spiro atoms. The zero-order valence-electron chi connectivity index (χ0n) is 12.4. The first-order valence-electron chi connectivity index (χ1n) is 7.05. The Labute approximate surface area is 119 Å². The number of aromatic nitrogens is 3. The lowest BCUT2D eigenvalue weighted by Gasteiger charge is -2.22. The summed E-state index contributed by atoms with van der Waals surface area (Å²) in [5, 5.41) is 13.2. The molecule has 0 radical (unpaired) electrons. The Kier molecular flexibility index (Phi) is 4.59. The topological polar surface area (TPSA) is 83.4 Å². The van der Waals surface area contributed by atoms with Gasteiger partial charge in [0.2, 0.25) is 11.9 Å². The molecule has 7 nitrogen and oxygen atoms in total. The minimum atomic E-state index is -0.601. The lowest BCUT2D eigenvalue weighted by Crippen LogP contribution is -2.29. The molecule has 1 aliphatic rings. The van der Waals surface area contributed by atoms with Gasteiger partial charge in [0.05, 0.1) is 12.7 Å². The molecular formula is C13H23N5O2. The first-order valence-corrected chi connectivity index (χ1v) is 7.05. The van der Waals surface area contributed by atoms with E-state index in [1.165, 1.54) is 0 Å². The summed E-state index contributed by atoms with van der Waals surface area (Å²) < 4.78 is 5.13. The average molecular weight is 281 g/mol. The molecule has 1 aliphatic heterocycles. The van der Waals surface area contributed by atoms with Crippen molar-refractivity contribution in [1.29, 1.82) is 0 Å². The third kappa shape index (κ3) is 3.69. The minimum absolute atomic E-state index is 0.307. The van der Waals surface area contributed by atoms with Crippen LogP contribution in [-0.2, 0) is 0 Å². The van der Waals surface area contributed by atoms with Crippen LogP contribution in [-0.4, -0.2) is 52.4 Å². The van der Waals surface area contributed by atoms with Crippen molar-refractivity contribution in [1.82, 2.24) is 15.0 Å². The number of hydrogen-bond donors (Lipinski definition) is 2. The van der Waals surface area contributed by atoms with Crippen LogP contribution in [0.4, 0.5) is 11.9 Å². The van der Waals surface area contributed by atoms with E-state index in [1.807, 2.05) is 13.8 Å². The van der Waals surface area contributed by atoms with E-state index >= 15 is 0 Å². The van der Waals surface area contributed by atoms with Crippen LogP contribution in [0.1, 0.15) is 33.1 Å². The van der Waals surface area contributed by atoms with Crippen molar-refractivity contribution < 1.29 is 9.84 Å². The Hall–Kier alpha value is -1.63. The quantitative estimate of drug-likeness (QED) is 0.853. The van der Waals surface area contributed by atoms with Crippen LogP contribution in [0.15, 0.2) is 0 Å². The summed E-state index contributed by atoms with van der Waals surface area (Å²) in [6.07, 6.45) is 2.42. The van der Waals surface area contributed by atoms with Crippen LogP contribution in [0.2, 0.25) is 0 Å². The molecule has 2 N–H and O–H groups in total. The maximum Gasteiger partial charge on any atom is 0.322 e. The van der Waals surface area contributed by atoms with Crippen LogP contribution in [0.3, 0.4) is 0 Å². The fraction of sp³-hybridized carbons (Fsp3) is 0.769. The number of nitrogens with one attached hydrogen (secondary N) is 1. The lowest BCUT2D eigenvalue weighted by molar-refractivity contribution is 0.0481. The smallest absolute Gasteiger partial charge is 0.322 e. The minimum Gasteiger partial charge on any atom is -0.467 e. The summed E-state index contributed by atoms with van der Waals surface area (Å²) in [5.74, 6) is 1.12. The highest BCUT2D eigenvalue weighted by molar-refractivity contribution is 5.38. The largest absolute Gasteiger partial charge is 0.467 e.